The van der Waals surface area contributed by atoms with E-state index in [1.54, 1.807) is 0 Å². The number of carbonyl (C=O) groups is 1. The fraction of sp³-hybridized carbons (Fsp3) is 0.263. The van der Waals surface area contributed by atoms with Crippen molar-refractivity contribution in [3.05, 3.63) is 68.5 Å². The molecule has 0 radical (unpaired) electrons. The third-order valence-electron chi connectivity index (χ3n) is 5.04. The Morgan fingerprint density at radius 3 is 2.06 bits per heavy atom. The van der Waals surface area contributed by atoms with Crippen LogP contribution < -0.4 is 10.2 Å². The second-order valence-electron chi connectivity index (χ2n) is 6.86. The van der Waals surface area contributed by atoms with Crippen LogP contribution in [0.3, 0.4) is 0 Å². The maximum Gasteiger partial charge on any atom is 0.273 e. The van der Waals surface area contributed by atoms with Gasteiger partial charge in [-0.15, -0.1) is 0 Å². The van der Waals surface area contributed by atoms with Gasteiger partial charge < -0.3 is 9.80 Å². The van der Waals surface area contributed by atoms with Gasteiger partial charge >= 0.3 is 0 Å². The quantitative estimate of drug-likeness (QED) is 0.183. The summed E-state index contributed by atoms with van der Waals surface area (Å²) in [6.45, 7) is 1.19. The van der Waals surface area contributed by atoms with Crippen molar-refractivity contribution in [2.75, 3.05) is 31.1 Å². The number of anilines is 1. The SMILES string of the molecule is Cc1c(C(=O)NC(=S)N2CCN(c3c(F)c(F)c(F)c(F)c3F)CC2)cccc1[N+](=O)[O-]. The van der Waals surface area contributed by atoms with Crippen molar-refractivity contribution < 1.29 is 31.7 Å². The van der Waals surface area contributed by atoms with E-state index in [0.717, 1.165) is 4.90 Å². The first-order valence-electron chi connectivity index (χ1n) is 9.15. The lowest BCUT2D eigenvalue weighted by Gasteiger charge is -2.37. The number of carbonyl (C=O) groups excluding carboxylic acids is 1. The first-order chi connectivity index (χ1) is 15.0. The van der Waals surface area contributed by atoms with Crippen molar-refractivity contribution in [1.82, 2.24) is 10.2 Å². The van der Waals surface area contributed by atoms with Crippen LogP contribution in [0.15, 0.2) is 18.2 Å². The molecule has 1 aliphatic rings. The number of piperazine rings is 1. The standard InChI is InChI=1S/C19H15F5N4O3S/c1-9-10(3-2-4-11(9)28(30)31)18(29)25-19(32)27-7-5-26(6-8-27)17-15(23)13(21)12(20)14(22)16(17)24/h2-4H,5-8H2,1H3,(H,25,29,32). The maximum atomic E-state index is 14.0. The minimum Gasteiger partial charge on any atom is -0.363 e. The molecule has 1 N–H and O–H groups in total. The molecule has 1 aliphatic heterocycles. The second-order valence-corrected chi connectivity index (χ2v) is 7.25. The average molecular weight is 474 g/mol. The molecule has 2 aromatic carbocycles. The van der Waals surface area contributed by atoms with E-state index in [9.17, 15) is 36.9 Å². The summed E-state index contributed by atoms with van der Waals surface area (Å²) < 4.78 is 68.2. The summed E-state index contributed by atoms with van der Waals surface area (Å²) in [7, 11) is 0. The lowest BCUT2D eigenvalue weighted by atomic mass is 10.1. The van der Waals surface area contributed by atoms with Crippen molar-refractivity contribution in [1.29, 1.82) is 0 Å². The lowest BCUT2D eigenvalue weighted by Crippen LogP contribution is -2.53. The van der Waals surface area contributed by atoms with Gasteiger partial charge in [0.25, 0.3) is 11.6 Å². The highest BCUT2D eigenvalue weighted by molar-refractivity contribution is 7.80. The monoisotopic (exact) mass is 474 g/mol. The van der Waals surface area contributed by atoms with Gasteiger partial charge in [-0.3, -0.25) is 20.2 Å². The maximum absolute atomic E-state index is 14.0. The smallest absolute Gasteiger partial charge is 0.273 e. The predicted octanol–water partition coefficient (Wildman–Crippen LogP) is 3.44. The van der Waals surface area contributed by atoms with Crippen molar-refractivity contribution >= 4 is 34.6 Å². The number of hydrogen-bond acceptors (Lipinski definition) is 5. The van der Waals surface area contributed by atoms with Crippen LogP contribution in [0, 0.1) is 46.1 Å². The zero-order valence-corrected chi connectivity index (χ0v) is 17.2. The van der Waals surface area contributed by atoms with Crippen LogP contribution in [0.2, 0.25) is 0 Å². The normalized spacial score (nSPS) is 13.8. The molecule has 0 atom stereocenters. The average Bonchev–Trinajstić information content (AvgIpc) is 2.76. The molecule has 1 saturated heterocycles. The van der Waals surface area contributed by atoms with E-state index >= 15 is 0 Å². The number of halogens is 5. The van der Waals surface area contributed by atoms with Crippen LogP contribution in [0.25, 0.3) is 0 Å². The van der Waals surface area contributed by atoms with Crippen LogP contribution in [0.4, 0.5) is 33.3 Å². The first kappa shape index (κ1) is 23.3. The highest BCUT2D eigenvalue weighted by Crippen LogP contribution is 2.31. The molecule has 170 valence electrons. The molecule has 0 spiro atoms. The van der Waals surface area contributed by atoms with E-state index in [4.69, 9.17) is 12.2 Å². The van der Waals surface area contributed by atoms with Gasteiger partial charge in [0.2, 0.25) is 5.82 Å². The Labute approximate surface area is 183 Å². The number of nitro groups is 1. The summed E-state index contributed by atoms with van der Waals surface area (Å²) in [5.41, 5.74) is -1.07. The summed E-state index contributed by atoms with van der Waals surface area (Å²) in [6.07, 6.45) is 0. The molecule has 0 bridgehead atoms. The van der Waals surface area contributed by atoms with E-state index in [1.165, 1.54) is 30.0 Å². The van der Waals surface area contributed by atoms with Crippen molar-refractivity contribution in [3.63, 3.8) is 0 Å². The Hall–Kier alpha value is -3.35. The zero-order valence-electron chi connectivity index (χ0n) is 16.4. The molecule has 0 unspecified atom stereocenters. The van der Waals surface area contributed by atoms with Crippen LogP contribution in [-0.2, 0) is 0 Å². The van der Waals surface area contributed by atoms with Gasteiger partial charge in [0.15, 0.2) is 28.4 Å². The minimum absolute atomic E-state index is 0.0204. The Bertz CT molecular complexity index is 1090. The zero-order chi connectivity index (χ0) is 23.7. The van der Waals surface area contributed by atoms with Crippen molar-refractivity contribution in [2.45, 2.75) is 6.92 Å². The Morgan fingerprint density at radius 2 is 1.53 bits per heavy atom. The van der Waals surface area contributed by atoms with Crippen LogP contribution in [-0.4, -0.2) is 47.0 Å². The number of hydrogen-bond donors (Lipinski definition) is 1. The largest absolute Gasteiger partial charge is 0.363 e. The molecule has 0 aromatic heterocycles. The molecule has 1 fully saturated rings. The van der Waals surface area contributed by atoms with Gasteiger partial charge in [0, 0.05) is 43.4 Å². The number of rotatable bonds is 3. The topological polar surface area (TPSA) is 78.7 Å². The molecule has 32 heavy (non-hydrogen) atoms. The van der Waals surface area contributed by atoms with E-state index in [-0.39, 0.29) is 48.1 Å². The highest BCUT2D eigenvalue weighted by Gasteiger charge is 2.31. The predicted molar refractivity (Wildman–Crippen MR) is 108 cm³/mol. The van der Waals surface area contributed by atoms with Crippen molar-refractivity contribution in [3.8, 4) is 0 Å². The van der Waals surface area contributed by atoms with E-state index in [2.05, 4.69) is 5.32 Å². The molecule has 0 aliphatic carbocycles. The summed E-state index contributed by atoms with van der Waals surface area (Å²) in [5.74, 6) is -10.8. The number of nitrogens with one attached hydrogen (secondary N) is 1. The second kappa shape index (κ2) is 9.02. The van der Waals surface area contributed by atoms with Gasteiger partial charge in [0.1, 0.15) is 5.69 Å². The summed E-state index contributed by atoms with van der Waals surface area (Å²) in [5, 5.41) is 13.4. The van der Waals surface area contributed by atoms with Gasteiger partial charge in [-0.1, -0.05) is 6.07 Å². The highest BCUT2D eigenvalue weighted by atomic mass is 32.1. The van der Waals surface area contributed by atoms with Crippen LogP contribution in [0.5, 0.6) is 0 Å². The van der Waals surface area contributed by atoms with Crippen LogP contribution in [0.1, 0.15) is 15.9 Å². The van der Waals surface area contributed by atoms with E-state index in [1.807, 2.05) is 0 Å². The number of thiocarbonyl (C=S) groups is 1. The van der Waals surface area contributed by atoms with Gasteiger partial charge in [-0.25, -0.2) is 22.0 Å². The van der Waals surface area contributed by atoms with Crippen molar-refractivity contribution in [2.24, 2.45) is 0 Å². The molecule has 2 aromatic rings. The van der Waals surface area contributed by atoms with E-state index in [0.29, 0.717) is 0 Å². The molecule has 1 heterocycles. The van der Waals surface area contributed by atoms with Gasteiger partial charge in [-0.2, -0.15) is 0 Å². The van der Waals surface area contributed by atoms with Crippen LogP contribution >= 0.6 is 12.2 Å². The number of nitro benzene ring substituents is 1. The summed E-state index contributed by atoms with van der Waals surface area (Å²) in [4.78, 5) is 25.4. The van der Waals surface area contributed by atoms with E-state index < -0.39 is 45.6 Å². The Balaban J connectivity index is 1.69. The molecule has 1 amide bonds. The number of amides is 1. The molecular weight excluding hydrogens is 459 g/mol. The number of nitrogens with zero attached hydrogens (tertiary/aromatic N) is 3. The summed E-state index contributed by atoms with van der Waals surface area (Å²) >= 11 is 5.17. The number of benzene rings is 2. The fourth-order valence-corrected chi connectivity index (χ4v) is 3.59. The molecule has 3 rings (SSSR count). The Kier molecular flexibility index (Phi) is 6.57. The van der Waals surface area contributed by atoms with Gasteiger partial charge in [-0.05, 0) is 25.2 Å². The molecule has 13 heteroatoms. The molecule has 0 saturated carbocycles. The third-order valence-corrected chi connectivity index (χ3v) is 5.40. The summed E-state index contributed by atoms with van der Waals surface area (Å²) in [6, 6.07) is 4.00. The Morgan fingerprint density at radius 1 is 1.00 bits per heavy atom. The fourth-order valence-electron chi connectivity index (χ4n) is 3.31. The molecule has 7 nitrogen and oxygen atoms in total. The third kappa shape index (κ3) is 4.20. The van der Waals surface area contributed by atoms with Gasteiger partial charge in [0.05, 0.1) is 4.92 Å². The first-order valence-corrected chi connectivity index (χ1v) is 9.56. The lowest BCUT2D eigenvalue weighted by molar-refractivity contribution is -0.385. The molecular formula is C19H15F5N4O3S. The minimum atomic E-state index is -2.23.